The van der Waals surface area contributed by atoms with E-state index in [1.54, 1.807) is 11.3 Å². The van der Waals surface area contributed by atoms with Crippen LogP contribution in [0, 0.1) is 0 Å². The maximum absolute atomic E-state index is 4.63. The minimum absolute atomic E-state index is 0.506. The molecule has 0 amide bonds. The molecule has 15 heavy (non-hydrogen) atoms. The number of aromatic nitrogens is 1. The Morgan fingerprint density at radius 3 is 2.60 bits per heavy atom. The number of benzene rings is 1. The number of halogens is 1. The third-order valence-electron chi connectivity index (χ3n) is 2.17. The average molecular weight is 282 g/mol. The van der Waals surface area contributed by atoms with Gasteiger partial charge in [-0.3, -0.25) is 0 Å². The van der Waals surface area contributed by atoms with Crippen molar-refractivity contribution < 1.29 is 0 Å². The minimum Gasteiger partial charge on any atom is -0.241 e. The largest absolute Gasteiger partial charge is 0.241 e. The van der Waals surface area contributed by atoms with E-state index in [2.05, 4.69) is 46.2 Å². The molecule has 0 unspecified atom stereocenters. The first kappa shape index (κ1) is 10.8. The van der Waals surface area contributed by atoms with Gasteiger partial charge in [0.25, 0.3) is 0 Å². The van der Waals surface area contributed by atoms with Gasteiger partial charge in [-0.25, -0.2) is 4.98 Å². The summed E-state index contributed by atoms with van der Waals surface area (Å²) in [5.74, 6) is 0.506. The summed E-state index contributed by atoms with van der Waals surface area (Å²) in [5.41, 5.74) is 2.23. The summed E-state index contributed by atoms with van der Waals surface area (Å²) >= 11 is 5.27. The van der Waals surface area contributed by atoms with Crippen LogP contribution in [0.2, 0.25) is 0 Å². The third kappa shape index (κ3) is 2.29. The van der Waals surface area contributed by atoms with E-state index >= 15 is 0 Å². The Morgan fingerprint density at radius 1 is 1.27 bits per heavy atom. The molecular weight excluding hydrogens is 270 g/mol. The molecule has 1 aromatic heterocycles. The lowest BCUT2D eigenvalue weighted by Gasteiger charge is -2.00. The van der Waals surface area contributed by atoms with Crippen molar-refractivity contribution in [1.29, 1.82) is 0 Å². The number of nitrogens with zero attached hydrogens (tertiary/aromatic N) is 1. The Labute approximate surface area is 102 Å². The van der Waals surface area contributed by atoms with E-state index in [0.29, 0.717) is 5.92 Å². The molecular formula is C12H12BrNS. The normalized spacial score (nSPS) is 10.9. The number of hydrogen-bond donors (Lipinski definition) is 0. The number of thiazole rings is 1. The van der Waals surface area contributed by atoms with Crippen molar-refractivity contribution in [2.45, 2.75) is 19.8 Å². The third-order valence-corrected chi connectivity index (χ3v) is 4.00. The van der Waals surface area contributed by atoms with Crippen LogP contribution in [0.3, 0.4) is 0 Å². The molecule has 0 bridgehead atoms. The van der Waals surface area contributed by atoms with Gasteiger partial charge in [0.05, 0.1) is 10.7 Å². The van der Waals surface area contributed by atoms with Crippen molar-refractivity contribution in [3.8, 4) is 11.3 Å². The fraction of sp³-hybridized carbons (Fsp3) is 0.250. The van der Waals surface area contributed by atoms with Crippen LogP contribution in [0.4, 0.5) is 0 Å². The second-order valence-corrected chi connectivity index (χ2v) is 5.45. The Kier molecular flexibility index (Phi) is 3.22. The van der Waals surface area contributed by atoms with E-state index in [-0.39, 0.29) is 0 Å². The van der Waals surface area contributed by atoms with Gasteiger partial charge in [-0.05, 0) is 6.07 Å². The van der Waals surface area contributed by atoms with Gasteiger partial charge in [0.1, 0.15) is 0 Å². The molecule has 0 aliphatic carbocycles. The highest BCUT2D eigenvalue weighted by Gasteiger charge is 2.09. The molecule has 0 saturated heterocycles. The van der Waals surface area contributed by atoms with E-state index < -0.39 is 0 Å². The Morgan fingerprint density at radius 2 is 2.00 bits per heavy atom. The lowest BCUT2D eigenvalue weighted by molar-refractivity contribution is 0.853. The summed E-state index contributed by atoms with van der Waals surface area (Å²) in [4.78, 5) is 4.63. The van der Waals surface area contributed by atoms with Gasteiger partial charge in [-0.2, -0.15) is 0 Å². The smallest absolute Gasteiger partial charge is 0.0958 e. The van der Waals surface area contributed by atoms with Crippen LogP contribution in [0.5, 0.6) is 0 Å². The highest BCUT2D eigenvalue weighted by molar-refractivity contribution is 9.10. The molecule has 0 spiro atoms. The van der Waals surface area contributed by atoms with Crippen LogP contribution >= 0.6 is 27.3 Å². The van der Waals surface area contributed by atoms with E-state index in [1.807, 2.05) is 18.2 Å². The van der Waals surface area contributed by atoms with Gasteiger partial charge in [0, 0.05) is 21.3 Å². The first-order valence-electron chi connectivity index (χ1n) is 4.89. The Bertz CT molecular complexity index is 462. The van der Waals surface area contributed by atoms with Crippen LogP contribution in [-0.4, -0.2) is 4.98 Å². The molecule has 1 nitrogen and oxygen atoms in total. The zero-order valence-corrected chi connectivity index (χ0v) is 11.1. The summed E-state index contributed by atoms with van der Waals surface area (Å²) in [6.45, 7) is 4.34. The standard InChI is InChI=1S/C12H12BrNS/c1-8(2)12-14-11(7-15-12)9-5-3-4-6-10(9)13/h3-8H,1-2H3. The minimum atomic E-state index is 0.506. The zero-order chi connectivity index (χ0) is 10.8. The molecule has 0 radical (unpaired) electrons. The molecule has 0 aliphatic heterocycles. The van der Waals surface area contributed by atoms with E-state index in [0.717, 1.165) is 10.2 Å². The highest BCUT2D eigenvalue weighted by atomic mass is 79.9. The van der Waals surface area contributed by atoms with Crippen molar-refractivity contribution in [1.82, 2.24) is 4.98 Å². The predicted molar refractivity (Wildman–Crippen MR) is 69.3 cm³/mol. The lowest BCUT2D eigenvalue weighted by Crippen LogP contribution is -1.86. The van der Waals surface area contributed by atoms with Gasteiger partial charge in [-0.15, -0.1) is 11.3 Å². The van der Waals surface area contributed by atoms with Crippen molar-refractivity contribution in [2.75, 3.05) is 0 Å². The molecule has 1 aromatic carbocycles. The maximum Gasteiger partial charge on any atom is 0.0958 e. The first-order chi connectivity index (χ1) is 7.18. The lowest BCUT2D eigenvalue weighted by atomic mass is 10.2. The number of rotatable bonds is 2. The van der Waals surface area contributed by atoms with Crippen LogP contribution < -0.4 is 0 Å². The molecule has 78 valence electrons. The monoisotopic (exact) mass is 281 g/mol. The van der Waals surface area contributed by atoms with E-state index in [9.17, 15) is 0 Å². The molecule has 0 aliphatic rings. The second kappa shape index (κ2) is 4.45. The summed E-state index contributed by atoms with van der Waals surface area (Å²) in [7, 11) is 0. The summed E-state index contributed by atoms with van der Waals surface area (Å²) in [5, 5.41) is 3.32. The van der Waals surface area contributed by atoms with Gasteiger partial charge >= 0.3 is 0 Å². The molecule has 2 rings (SSSR count). The first-order valence-corrected chi connectivity index (χ1v) is 6.56. The fourth-order valence-corrected chi connectivity index (χ4v) is 2.67. The summed E-state index contributed by atoms with van der Waals surface area (Å²) in [6, 6.07) is 8.19. The van der Waals surface area contributed by atoms with Crippen molar-refractivity contribution in [2.24, 2.45) is 0 Å². The van der Waals surface area contributed by atoms with Crippen LogP contribution in [0.15, 0.2) is 34.1 Å². The quantitative estimate of drug-likeness (QED) is 0.778. The zero-order valence-electron chi connectivity index (χ0n) is 8.70. The Hall–Kier alpha value is -0.670. The molecule has 3 heteroatoms. The SMILES string of the molecule is CC(C)c1nc(-c2ccccc2Br)cs1. The molecule has 1 heterocycles. The molecule has 0 atom stereocenters. The van der Waals surface area contributed by atoms with Crippen molar-refractivity contribution in [3.05, 3.63) is 39.1 Å². The van der Waals surface area contributed by atoms with E-state index in [4.69, 9.17) is 0 Å². The van der Waals surface area contributed by atoms with Crippen molar-refractivity contribution >= 4 is 27.3 Å². The highest BCUT2D eigenvalue weighted by Crippen LogP contribution is 2.30. The summed E-state index contributed by atoms with van der Waals surface area (Å²) in [6.07, 6.45) is 0. The average Bonchev–Trinajstić information content (AvgIpc) is 2.67. The van der Waals surface area contributed by atoms with Crippen LogP contribution in [0.1, 0.15) is 24.8 Å². The fourth-order valence-electron chi connectivity index (χ4n) is 1.35. The summed E-state index contributed by atoms with van der Waals surface area (Å²) < 4.78 is 1.10. The van der Waals surface area contributed by atoms with E-state index in [1.165, 1.54) is 10.6 Å². The molecule has 0 N–H and O–H groups in total. The van der Waals surface area contributed by atoms with Gasteiger partial charge in [0.2, 0.25) is 0 Å². The topological polar surface area (TPSA) is 12.9 Å². The van der Waals surface area contributed by atoms with Crippen LogP contribution in [-0.2, 0) is 0 Å². The van der Waals surface area contributed by atoms with Gasteiger partial charge < -0.3 is 0 Å². The van der Waals surface area contributed by atoms with Gasteiger partial charge in [-0.1, -0.05) is 48.0 Å². The van der Waals surface area contributed by atoms with Gasteiger partial charge in [0.15, 0.2) is 0 Å². The molecule has 0 fully saturated rings. The molecule has 0 saturated carbocycles. The second-order valence-electron chi connectivity index (χ2n) is 3.71. The van der Waals surface area contributed by atoms with Crippen LogP contribution in [0.25, 0.3) is 11.3 Å². The Balaban J connectivity index is 2.42. The maximum atomic E-state index is 4.63. The number of hydrogen-bond acceptors (Lipinski definition) is 2. The predicted octanol–water partition coefficient (Wildman–Crippen LogP) is 4.70. The molecule has 2 aromatic rings. The van der Waals surface area contributed by atoms with Crippen molar-refractivity contribution in [3.63, 3.8) is 0 Å².